The number of nitrogens with zero attached hydrogens (tertiary/aromatic N) is 1. The van der Waals surface area contributed by atoms with Gasteiger partial charge in [0, 0.05) is 24.9 Å². The monoisotopic (exact) mass is 310 g/mol. The Morgan fingerprint density at radius 3 is 2.50 bits per heavy atom. The molecule has 0 aliphatic heterocycles. The van der Waals surface area contributed by atoms with Gasteiger partial charge in [0.2, 0.25) is 0 Å². The first-order valence-electron chi connectivity index (χ1n) is 6.07. The van der Waals surface area contributed by atoms with Gasteiger partial charge in [-0.2, -0.15) is 24.9 Å². The third-order valence-corrected chi connectivity index (χ3v) is 3.67. The summed E-state index contributed by atoms with van der Waals surface area (Å²) in [4.78, 5) is 1.88. The number of hydrogen-bond donors (Lipinski definition) is 1. The number of benzene rings is 1. The highest BCUT2D eigenvalue weighted by Crippen LogP contribution is 2.33. The van der Waals surface area contributed by atoms with E-state index in [1.807, 2.05) is 11.2 Å². The quantitative estimate of drug-likeness (QED) is 0.819. The second-order valence-electron chi connectivity index (χ2n) is 4.46. The van der Waals surface area contributed by atoms with Crippen LogP contribution in [0.15, 0.2) is 18.2 Å². The normalized spacial score (nSPS) is 13.8. The van der Waals surface area contributed by atoms with Crippen LogP contribution in [-0.4, -0.2) is 37.0 Å². The van der Waals surface area contributed by atoms with Crippen LogP contribution in [0.1, 0.15) is 17.2 Å². The molecule has 7 heteroatoms. The summed E-state index contributed by atoms with van der Waals surface area (Å²) in [6.45, 7) is 0.871. The van der Waals surface area contributed by atoms with Crippen molar-refractivity contribution >= 4 is 11.8 Å². The van der Waals surface area contributed by atoms with E-state index in [4.69, 9.17) is 5.73 Å². The Morgan fingerprint density at radius 2 is 2.00 bits per heavy atom. The minimum atomic E-state index is -4.70. The zero-order valence-electron chi connectivity index (χ0n) is 11.4. The Balaban J connectivity index is 3.04. The molecule has 0 saturated heterocycles. The maximum Gasteiger partial charge on any atom is 0.419 e. The third kappa shape index (κ3) is 4.36. The number of alkyl halides is 3. The highest BCUT2D eigenvalue weighted by atomic mass is 32.2. The minimum Gasteiger partial charge on any atom is -0.329 e. The molecular formula is C13H18F4N2S. The molecule has 0 aliphatic rings. The molecule has 1 aromatic carbocycles. The highest BCUT2D eigenvalue weighted by Gasteiger charge is 2.34. The molecule has 1 atom stereocenters. The van der Waals surface area contributed by atoms with Crippen LogP contribution in [0.2, 0.25) is 0 Å². The van der Waals surface area contributed by atoms with E-state index in [9.17, 15) is 17.6 Å². The minimum absolute atomic E-state index is 0.174. The molecule has 114 valence electrons. The van der Waals surface area contributed by atoms with Crippen LogP contribution in [0.25, 0.3) is 0 Å². The summed E-state index contributed by atoms with van der Waals surface area (Å²) in [5.41, 5.74) is 4.79. The molecule has 0 spiro atoms. The largest absolute Gasteiger partial charge is 0.419 e. The zero-order chi connectivity index (χ0) is 15.3. The molecule has 1 rings (SSSR count). The average Bonchev–Trinajstić information content (AvgIpc) is 2.37. The van der Waals surface area contributed by atoms with Gasteiger partial charge in [-0.3, -0.25) is 4.90 Å². The second kappa shape index (κ2) is 7.28. The molecule has 0 bridgehead atoms. The van der Waals surface area contributed by atoms with Gasteiger partial charge in [-0.15, -0.1) is 0 Å². The SMILES string of the molecule is CSCCN(C)C(CN)c1ccc(F)c(C(F)(F)F)c1. The standard InChI is InChI=1S/C13H18F4N2S/c1-19(5-6-20-2)12(8-18)9-3-4-11(14)10(7-9)13(15,16)17/h3-4,7,12H,5-6,8,18H2,1-2H3. The van der Waals surface area contributed by atoms with Crippen molar-refractivity contribution in [2.45, 2.75) is 12.2 Å². The Labute approximate surface area is 120 Å². The van der Waals surface area contributed by atoms with Gasteiger partial charge in [-0.05, 0) is 31.0 Å². The van der Waals surface area contributed by atoms with E-state index in [1.54, 1.807) is 18.8 Å². The first-order chi connectivity index (χ1) is 9.31. The molecule has 0 amide bonds. The predicted octanol–water partition coefficient (Wildman–Crippen LogP) is 3.14. The molecule has 0 aliphatic carbocycles. The Morgan fingerprint density at radius 1 is 1.35 bits per heavy atom. The number of rotatable bonds is 6. The first kappa shape index (κ1) is 17.3. The van der Waals surface area contributed by atoms with E-state index in [0.717, 1.165) is 17.9 Å². The van der Waals surface area contributed by atoms with Gasteiger partial charge in [0.05, 0.1) is 5.56 Å². The van der Waals surface area contributed by atoms with Crippen LogP contribution in [0.3, 0.4) is 0 Å². The molecule has 2 N–H and O–H groups in total. The van der Waals surface area contributed by atoms with Gasteiger partial charge in [-0.25, -0.2) is 4.39 Å². The van der Waals surface area contributed by atoms with Gasteiger partial charge in [0.15, 0.2) is 0 Å². The van der Waals surface area contributed by atoms with Crippen molar-refractivity contribution in [1.29, 1.82) is 0 Å². The average molecular weight is 310 g/mol. The fourth-order valence-electron chi connectivity index (χ4n) is 1.93. The van der Waals surface area contributed by atoms with Crippen molar-refractivity contribution in [3.8, 4) is 0 Å². The van der Waals surface area contributed by atoms with Crippen molar-refractivity contribution in [3.63, 3.8) is 0 Å². The maximum atomic E-state index is 13.3. The molecule has 0 fully saturated rings. The van der Waals surface area contributed by atoms with E-state index >= 15 is 0 Å². The van der Waals surface area contributed by atoms with E-state index in [2.05, 4.69) is 0 Å². The summed E-state index contributed by atoms with van der Waals surface area (Å²) >= 11 is 1.64. The van der Waals surface area contributed by atoms with Crippen LogP contribution in [-0.2, 0) is 6.18 Å². The van der Waals surface area contributed by atoms with Crippen molar-refractivity contribution in [1.82, 2.24) is 4.90 Å². The summed E-state index contributed by atoms with van der Waals surface area (Å²) in [6, 6.07) is 2.70. The van der Waals surface area contributed by atoms with Crippen molar-refractivity contribution in [3.05, 3.63) is 35.1 Å². The van der Waals surface area contributed by atoms with E-state index in [1.165, 1.54) is 6.07 Å². The smallest absolute Gasteiger partial charge is 0.329 e. The van der Waals surface area contributed by atoms with Crippen molar-refractivity contribution in [2.24, 2.45) is 5.73 Å². The Hall–Kier alpha value is -0.790. The Bertz CT molecular complexity index is 437. The van der Waals surface area contributed by atoms with Crippen LogP contribution >= 0.6 is 11.8 Å². The topological polar surface area (TPSA) is 29.3 Å². The van der Waals surface area contributed by atoms with Gasteiger partial charge < -0.3 is 5.73 Å². The predicted molar refractivity (Wildman–Crippen MR) is 74.2 cm³/mol. The molecule has 0 heterocycles. The molecule has 0 saturated carbocycles. The molecule has 0 aromatic heterocycles. The van der Waals surface area contributed by atoms with Crippen molar-refractivity contribution in [2.75, 3.05) is 32.1 Å². The maximum absolute atomic E-state index is 13.3. The van der Waals surface area contributed by atoms with Gasteiger partial charge in [-0.1, -0.05) is 6.07 Å². The van der Waals surface area contributed by atoms with Gasteiger partial charge in [0.1, 0.15) is 5.82 Å². The molecule has 2 nitrogen and oxygen atoms in total. The lowest BCUT2D eigenvalue weighted by atomic mass is 10.0. The summed E-state index contributed by atoms with van der Waals surface area (Å²) in [5.74, 6) is -0.413. The van der Waals surface area contributed by atoms with Crippen LogP contribution in [0, 0.1) is 5.82 Å². The van der Waals surface area contributed by atoms with Crippen LogP contribution in [0.5, 0.6) is 0 Å². The number of nitrogens with two attached hydrogens (primary N) is 1. The number of likely N-dealkylation sites (N-methyl/N-ethyl adjacent to an activating group) is 1. The fourth-order valence-corrected chi connectivity index (χ4v) is 2.40. The Kier molecular flexibility index (Phi) is 6.29. The summed E-state index contributed by atoms with van der Waals surface area (Å²) < 4.78 is 51.4. The second-order valence-corrected chi connectivity index (χ2v) is 5.45. The molecule has 1 aromatic rings. The van der Waals surface area contributed by atoms with Gasteiger partial charge in [0.25, 0.3) is 0 Å². The van der Waals surface area contributed by atoms with E-state index in [-0.39, 0.29) is 12.6 Å². The van der Waals surface area contributed by atoms with Crippen LogP contribution in [0.4, 0.5) is 17.6 Å². The molecule has 20 heavy (non-hydrogen) atoms. The van der Waals surface area contributed by atoms with E-state index < -0.39 is 17.6 Å². The first-order valence-corrected chi connectivity index (χ1v) is 7.46. The summed E-state index contributed by atoms with van der Waals surface area (Å²) in [7, 11) is 1.80. The highest BCUT2D eigenvalue weighted by molar-refractivity contribution is 7.98. The van der Waals surface area contributed by atoms with Crippen LogP contribution < -0.4 is 5.73 Å². The lowest BCUT2D eigenvalue weighted by Gasteiger charge is -2.27. The fraction of sp³-hybridized carbons (Fsp3) is 0.538. The van der Waals surface area contributed by atoms with Crippen molar-refractivity contribution < 1.29 is 17.6 Å². The number of thioether (sulfide) groups is 1. The summed E-state index contributed by atoms with van der Waals surface area (Å²) in [5, 5.41) is 0. The van der Waals surface area contributed by atoms with Gasteiger partial charge >= 0.3 is 6.18 Å². The molecule has 0 radical (unpaired) electrons. The molecular weight excluding hydrogens is 292 g/mol. The number of halogens is 4. The number of hydrogen-bond acceptors (Lipinski definition) is 3. The zero-order valence-corrected chi connectivity index (χ0v) is 12.2. The van der Waals surface area contributed by atoms with E-state index in [0.29, 0.717) is 12.1 Å². The summed E-state index contributed by atoms with van der Waals surface area (Å²) in [6.07, 6.45) is -2.75. The third-order valence-electron chi connectivity index (χ3n) is 3.08. The lowest BCUT2D eigenvalue weighted by molar-refractivity contribution is -0.140. The lowest BCUT2D eigenvalue weighted by Crippen LogP contribution is -2.32. The molecule has 1 unspecified atom stereocenters.